The molecule has 0 aromatic carbocycles. The van der Waals surface area contributed by atoms with Gasteiger partial charge in [-0.2, -0.15) is 0 Å². The number of halogens is 2. The van der Waals surface area contributed by atoms with Crippen LogP contribution in [0.5, 0.6) is 0 Å². The molecule has 0 spiro atoms. The van der Waals surface area contributed by atoms with E-state index < -0.39 is 5.83 Å². The van der Waals surface area contributed by atoms with Crippen LogP contribution in [0.2, 0.25) is 5.02 Å². The number of piperazine rings is 1. The maximum absolute atomic E-state index is 14.8. The minimum absolute atomic E-state index is 0.00102. The Morgan fingerprint density at radius 2 is 1.77 bits per heavy atom. The van der Waals surface area contributed by atoms with Gasteiger partial charge in [0.05, 0.1) is 33.4 Å². The number of carbonyl (C=O) groups is 2. The molecule has 0 aliphatic carbocycles. The fourth-order valence-corrected chi connectivity index (χ4v) is 6.02. The number of anilines is 1. The number of allylic oxidation sites excluding steroid dienone is 6. The second kappa shape index (κ2) is 18.4. The number of carbonyl (C=O) groups excluding carboxylic acids is 1. The zero-order valence-electron chi connectivity index (χ0n) is 29.5. The number of amides is 1. The van der Waals surface area contributed by atoms with Crippen molar-refractivity contribution in [3.63, 3.8) is 0 Å². The Kier molecular flexibility index (Phi) is 16.1. The second-order valence-electron chi connectivity index (χ2n) is 12.5. The molecule has 1 atom stereocenters. The molecule has 0 unspecified atom stereocenters. The number of aliphatic imine (C=N–C) groups is 3. The summed E-state index contributed by atoms with van der Waals surface area (Å²) in [5, 5.41) is 7.06. The maximum atomic E-state index is 14.8. The molecule has 0 saturated carbocycles. The normalized spacial score (nSPS) is 17.1. The molecule has 1 N–H and O–H groups in total. The minimum Gasteiger partial charge on any atom is -0.483 e. The lowest BCUT2D eigenvalue weighted by atomic mass is 9.97. The molecule has 10 nitrogen and oxygen atoms in total. The van der Waals surface area contributed by atoms with Gasteiger partial charge in [0.1, 0.15) is 11.7 Å². The van der Waals surface area contributed by atoms with Crippen molar-refractivity contribution in [3.8, 4) is 0 Å². The van der Waals surface area contributed by atoms with Gasteiger partial charge < -0.3 is 10.0 Å². The molecule has 0 bridgehead atoms. The predicted molar refractivity (Wildman–Crippen MR) is 194 cm³/mol. The highest BCUT2D eigenvalue weighted by Gasteiger charge is 2.35. The van der Waals surface area contributed by atoms with E-state index in [1.54, 1.807) is 20.2 Å². The number of rotatable bonds is 11. The average Bonchev–Trinajstić information content (AvgIpc) is 2.97. The van der Waals surface area contributed by atoms with Crippen molar-refractivity contribution in [3.05, 3.63) is 64.9 Å². The van der Waals surface area contributed by atoms with Crippen LogP contribution in [-0.4, -0.2) is 96.3 Å². The Labute approximate surface area is 284 Å². The molecular weight excluding hydrogens is 621 g/mol. The lowest BCUT2D eigenvalue weighted by Gasteiger charge is -2.47. The van der Waals surface area contributed by atoms with Gasteiger partial charge in [0.25, 0.3) is 6.47 Å². The molecule has 1 fully saturated rings. The van der Waals surface area contributed by atoms with Crippen molar-refractivity contribution in [2.75, 3.05) is 38.6 Å². The Morgan fingerprint density at radius 1 is 1.17 bits per heavy atom. The van der Waals surface area contributed by atoms with Gasteiger partial charge in [-0.1, -0.05) is 64.6 Å². The number of aromatic nitrogens is 1. The highest BCUT2D eigenvalue weighted by molar-refractivity contribution is 6.33. The van der Waals surface area contributed by atoms with E-state index in [0.29, 0.717) is 48.0 Å². The standard InChI is InChI=1S/C34H49ClFN7O.CH2O2/c1-14-15-25(24(7)36)30-27(35)18-26(32(39-13)41-16-17-43(23(6)19-41)34(8,9)10)33(40-30)42(20-44)31(28(37-11)21(2)3)29(38-12)22(4)5;2-1-3/h14-15,18,20-23H,1,7,11,16-17,19H2,2-6,8-10,12-13H3;1H,(H,2,3)/b25-15+,31-28+,38-29?,39-32?;/t23-;/m0./s1. The van der Waals surface area contributed by atoms with Crippen molar-refractivity contribution in [1.82, 2.24) is 14.8 Å². The molecule has 1 amide bonds. The summed E-state index contributed by atoms with van der Waals surface area (Å²) in [7, 11) is 3.38. The molecule has 0 radical (unpaired) electrons. The average molecular weight is 672 g/mol. The Morgan fingerprint density at radius 3 is 2.15 bits per heavy atom. The van der Waals surface area contributed by atoms with Crippen LogP contribution < -0.4 is 4.90 Å². The SMILES string of the molecule is C=C/C=C(\C(=C)F)c1nc(N(C=O)/C(C(=NC)C(C)C)=C(/N=C)C(C)C)c(C(=NC)N2CCN(C(C)(C)C)[C@@H](C)C2)cc1Cl.O=CO. The molecular formula is C35H51ClFN7O3. The minimum atomic E-state index is -0.739. The van der Waals surface area contributed by atoms with Gasteiger partial charge in [-0.25, -0.2) is 9.37 Å². The van der Waals surface area contributed by atoms with Crippen LogP contribution in [0.3, 0.4) is 0 Å². The number of carboxylic acid groups (broad SMARTS) is 1. The number of hydrogen-bond acceptors (Lipinski definition) is 7. The van der Waals surface area contributed by atoms with Crippen LogP contribution in [0.4, 0.5) is 10.2 Å². The predicted octanol–water partition coefficient (Wildman–Crippen LogP) is 6.93. The summed E-state index contributed by atoms with van der Waals surface area (Å²) < 4.78 is 14.8. The summed E-state index contributed by atoms with van der Waals surface area (Å²) in [6.07, 6.45) is 3.55. The summed E-state index contributed by atoms with van der Waals surface area (Å²) in [4.78, 5) is 46.1. The van der Waals surface area contributed by atoms with E-state index >= 15 is 0 Å². The highest BCUT2D eigenvalue weighted by atomic mass is 35.5. The lowest BCUT2D eigenvalue weighted by Crippen LogP contribution is -2.59. The third-order valence-electron chi connectivity index (χ3n) is 7.59. The zero-order chi connectivity index (χ0) is 36.2. The number of pyridine rings is 1. The maximum Gasteiger partial charge on any atom is 0.290 e. The topological polar surface area (TPSA) is 114 Å². The first-order valence-corrected chi connectivity index (χ1v) is 15.8. The van der Waals surface area contributed by atoms with Gasteiger partial charge in [0, 0.05) is 50.9 Å². The van der Waals surface area contributed by atoms with E-state index in [0.717, 1.165) is 6.54 Å². The summed E-state index contributed by atoms with van der Waals surface area (Å²) in [6.45, 7) is 29.7. The van der Waals surface area contributed by atoms with Crippen LogP contribution >= 0.6 is 11.6 Å². The van der Waals surface area contributed by atoms with Gasteiger partial charge in [0.15, 0.2) is 5.82 Å². The first kappa shape index (κ1) is 41.1. The van der Waals surface area contributed by atoms with E-state index in [4.69, 9.17) is 31.5 Å². The Hall–Kier alpha value is -3.96. The van der Waals surface area contributed by atoms with E-state index in [2.05, 4.69) is 67.4 Å². The van der Waals surface area contributed by atoms with Gasteiger partial charge in [-0.3, -0.25) is 34.4 Å². The second-order valence-corrected chi connectivity index (χ2v) is 12.9. The van der Waals surface area contributed by atoms with Crippen molar-refractivity contribution in [2.24, 2.45) is 26.8 Å². The van der Waals surface area contributed by atoms with Gasteiger partial charge in [-0.05, 0) is 52.3 Å². The molecule has 47 heavy (non-hydrogen) atoms. The summed E-state index contributed by atoms with van der Waals surface area (Å²) in [6, 6.07) is 1.91. The lowest BCUT2D eigenvalue weighted by molar-refractivity contribution is -0.122. The monoisotopic (exact) mass is 671 g/mol. The van der Waals surface area contributed by atoms with Gasteiger partial charge in [0.2, 0.25) is 6.41 Å². The molecule has 1 aromatic rings. The first-order valence-electron chi connectivity index (χ1n) is 15.4. The van der Waals surface area contributed by atoms with Gasteiger partial charge >= 0.3 is 0 Å². The Balaban J connectivity index is 0.00000354. The molecule has 2 heterocycles. The van der Waals surface area contributed by atoms with Crippen LogP contribution in [0, 0.1) is 11.8 Å². The molecule has 1 aliphatic heterocycles. The fourth-order valence-electron chi connectivity index (χ4n) is 5.77. The zero-order valence-corrected chi connectivity index (χ0v) is 30.3. The van der Waals surface area contributed by atoms with Crippen molar-refractivity contribution >= 4 is 54.1 Å². The van der Waals surface area contributed by atoms with Crippen LogP contribution in [-0.2, 0) is 9.59 Å². The first-order chi connectivity index (χ1) is 22.0. The highest BCUT2D eigenvalue weighted by Crippen LogP contribution is 2.36. The third kappa shape index (κ3) is 10.0. The van der Waals surface area contributed by atoms with Crippen molar-refractivity contribution in [2.45, 2.75) is 67.0 Å². The van der Waals surface area contributed by atoms with E-state index in [9.17, 15) is 9.18 Å². The van der Waals surface area contributed by atoms with E-state index in [1.807, 2.05) is 27.7 Å². The number of amidine groups is 1. The fraction of sp³-hybridized carbons (Fsp3) is 0.486. The molecule has 12 heteroatoms. The number of nitrogens with zero attached hydrogens (tertiary/aromatic N) is 7. The molecule has 1 aromatic heterocycles. The Bertz CT molecular complexity index is 1440. The molecule has 1 saturated heterocycles. The van der Waals surface area contributed by atoms with Crippen molar-refractivity contribution in [1.29, 1.82) is 0 Å². The largest absolute Gasteiger partial charge is 0.483 e. The number of hydrogen-bond donors (Lipinski definition) is 1. The molecule has 1 aliphatic rings. The van der Waals surface area contributed by atoms with Gasteiger partial charge in [-0.15, -0.1) is 0 Å². The quantitative estimate of drug-likeness (QED) is 0.118. The summed E-state index contributed by atoms with van der Waals surface area (Å²) in [5.74, 6) is -0.103. The summed E-state index contributed by atoms with van der Waals surface area (Å²) in [5.41, 5.74) is 2.33. The van der Waals surface area contributed by atoms with Crippen LogP contribution in [0.15, 0.2) is 63.6 Å². The van der Waals surface area contributed by atoms with Crippen molar-refractivity contribution < 1.29 is 19.1 Å². The molecule has 2 rings (SSSR count). The van der Waals surface area contributed by atoms with Crippen LogP contribution in [0.1, 0.15) is 66.6 Å². The van der Waals surface area contributed by atoms with Crippen LogP contribution in [0.25, 0.3) is 5.57 Å². The van der Waals surface area contributed by atoms with E-state index in [-0.39, 0.29) is 52.0 Å². The van der Waals surface area contributed by atoms with E-state index in [1.165, 1.54) is 17.1 Å². The smallest absolute Gasteiger partial charge is 0.290 e. The third-order valence-corrected chi connectivity index (χ3v) is 7.88. The summed E-state index contributed by atoms with van der Waals surface area (Å²) >= 11 is 6.84. The molecule has 258 valence electrons.